The second kappa shape index (κ2) is 5.54. The Hall–Kier alpha value is -2.02. The molecule has 1 heterocycles. The molecule has 0 bridgehead atoms. The smallest absolute Gasteiger partial charge is 0.465 e. The number of ether oxygens (including phenoxy) is 2. The Labute approximate surface area is 112 Å². The van der Waals surface area contributed by atoms with Crippen LogP contribution in [0.25, 0.3) is 10.9 Å². The summed E-state index contributed by atoms with van der Waals surface area (Å²) in [5.41, 5.74) is 0.966. The Morgan fingerprint density at radius 2 is 2.00 bits per heavy atom. The summed E-state index contributed by atoms with van der Waals surface area (Å²) in [5.74, 6) is -0.531. The highest BCUT2D eigenvalue weighted by Crippen LogP contribution is 2.22. The molecule has 0 aliphatic rings. The zero-order valence-corrected chi connectivity index (χ0v) is 10.6. The van der Waals surface area contributed by atoms with Gasteiger partial charge in [0.2, 0.25) is 0 Å². The first-order chi connectivity index (χ1) is 9.42. The van der Waals surface area contributed by atoms with Gasteiger partial charge in [0, 0.05) is 23.6 Å². The average Bonchev–Trinajstić information content (AvgIpc) is 2.76. The molecule has 1 aromatic heterocycles. The van der Waals surface area contributed by atoms with E-state index in [1.165, 1.54) is 17.9 Å². The normalized spacial score (nSPS) is 11.8. The number of fused-ring (bicyclic) bond motifs is 1. The Morgan fingerprint density at radius 3 is 2.65 bits per heavy atom. The summed E-state index contributed by atoms with van der Waals surface area (Å²) in [6.45, 7) is -0.542. The highest BCUT2D eigenvalue weighted by molar-refractivity contribution is 6.04. The number of para-hydroxylation sites is 1. The zero-order valence-electron chi connectivity index (χ0n) is 10.6. The molecule has 0 spiro atoms. The fourth-order valence-electron chi connectivity index (χ4n) is 1.96. The van der Waals surface area contributed by atoms with Crippen LogP contribution in [0, 0.1) is 0 Å². The Balaban J connectivity index is 2.27. The summed E-state index contributed by atoms with van der Waals surface area (Å²) < 4.78 is 45.8. The first-order valence-corrected chi connectivity index (χ1v) is 5.79. The summed E-state index contributed by atoms with van der Waals surface area (Å²) >= 11 is 0. The third-order valence-electron chi connectivity index (χ3n) is 2.79. The van der Waals surface area contributed by atoms with E-state index in [1.54, 1.807) is 24.3 Å². The van der Waals surface area contributed by atoms with E-state index >= 15 is 0 Å². The van der Waals surface area contributed by atoms with Crippen LogP contribution in [0.1, 0.15) is 10.4 Å². The standard InChI is InChI=1S/C13H12F3NO3/c1-19-12(18)10-8-17(6-7-20-13(14,15)16)11-5-3-2-4-9(10)11/h2-5,8H,6-7H2,1H3. The molecule has 0 fully saturated rings. The fraction of sp³-hybridized carbons (Fsp3) is 0.308. The molecule has 0 saturated carbocycles. The van der Waals surface area contributed by atoms with Crippen molar-refractivity contribution < 1.29 is 27.4 Å². The van der Waals surface area contributed by atoms with Gasteiger partial charge in [0.25, 0.3) is 0 Å². The predicted molar refractivity (Wildman–Crippen MR) is 65.3 cm³/mol. The van der Waals surface area contributed by atoms with Crippen molar-refractivity contribution in [3.8, 4) is 0 Å². The van der Waals surface area contributed by atoms with Crippen molar-refractivity contribution in [1.29, 1.82) is 0 Å². The Kier molecular flexibility index (Phi) is 3.99. The van der Waals surface area contributed by atoms with E-state index < -0.39 is 18.9 Å². The van der Waals surface area contributed by atoms with Crippen molar-refractivity contribution in [2.24, 2.45) is 0 Å². The Morgan fingerprint density at radius 1 is 1.30 bits per heavy atom. The first kappa shape index (κ1) is 14.4. The van der Waals surface area contributed by atoms with E-state index in [2.05, 4.69) is 9.47 Å². The monoisotopic (exact) mass is 287 g/mol. The van der Waals surface area contributed by atoms with Gasteiger partial charge < -0.3 is 9.30 Å². The molecule has 0 aliphatic heterocycles. The molecule has 108 valence electrons. The van der Waals surface area contributed by atoms with E-state index in [9.17, 15) is 18.0 Å². The van der Waals surface area contributed by atoms with Crippen LogP contribution >= 0.6 is 0 Å². The van der Waals surface area contributed by atoms with E-state index in [-0.39, 0.29) is 6.54 Å². The fourth-order valence-corrected chi connectivity index (χ4v) is 1.96. The molecule has 0 amide bonds. The third-order valence-corrected chi connectivity index (χ3v) is 2.79. The number of alkyl halides is 3. The van der Waals surface area contributed by atoms with Gasteiger partial charge in [-0.25, -0.2) is 4.79 Å². The number of nitrogens with zero attached hydrogens (tertiary/aromatic N) is 1. The van der Waals surface area contributed by atoms with Crippen LogP contribution in [-0.4, -0.2) is 30.6 Å². The lowest BCUT2D eigenvalue weighted by molar-refractivity contribution is -0.325. The molecule has 2 aromatic rings. The van der Waals surface area contributed by atoms with Crippen LogP contribution in [-0.2, 0) is 16.0 Å². The van der Waals surface area contributed by atoms with Gasteiger partial charge in [-0.05, 0) is 6.07 Å². The van der Waals surface area contributed by atoms with Crippen molar-refractivity contribution in [3.05, 3.63) is 36.0 Å². The minimum Gasteiger partial charge on any atom is -0.465 e. The molecule has 0 saturated heterocycles. The van der Waals surface area contributed by atoms with E-state index in [0.29, 0.717) is 16.5 Å². The van der Waals surface area contributed by atoms with Crippen LogP contribution in [0.4, 0.5) is 13.2 Å². The summed E-state index contributed by atoms with van der Waals surface area (Å²) in [5, 5.41) is 0.631. The summed E-state index contributed by atoms with van der Waals surface area (Å²) in [7, 11) is 1.25. The second-order valence-corrected chi connectivity index (χ2v) is 4.04. The van der Waals surface area contributed by atoms with Crippen LogP contribution < -0.4 is 0 Å². The topological polar surface area (TPSA) is 40.5 Å². The van der Waals surface area contributed by atoms with Gasteiger partial charge in [-0.1, -0.05) is 18.2 Å². The van der Waals surface area contributed by atoms with Crippen molar-refractivity contribution in [2.45, 2.75) is 12.9 Å². The summed E-state index contributed by atoms with van der Waals surface area (Å²) in [6, 6.07) is 6.91. The van der Waals surface area contributed by atoms with Crippen molar-refractivity contribution in [1.82, 2.24) is 4.57 Å². The molecular formula is C13H12F3NO3. The SMILES string of the molecule is COC(=O)c1cn(CCOC(F)(F)F)c2ccccc12. The van der Waals surface area contributed by atoms with Crippen molar-refractivity contribution >= 4 is 16.9 Å². The van der Waals surface area contributed by atoms with Gasteiger partial charge >= 0.3 is 12.3 Å². The highest BCUT2D eigenvalue weighted by atomic mass is 19.4. The molecule has 0 aliphatic carbocycles. The van der Waals surface area contributed by atoms with Gasteiger partial charge in [-0.15, -0.1) is 13.2 Å². The number of hydrogen-bond acceptors (Lipinski definition) is 3. The molecule has 7 heteroatoms. The zero-order chi connectivity index (χ0) is 14.8. The van der Waals surface area contributed by atoms with Crippen LogP contribution in [0.5, 0.6) is 0 Å². The van der Waals surface area contributed by atoms with Crippen LogP contribution in [0.2, 0.25) is 0 Å². The maximum absolute atomic E-state index is 12.0. The lowest BCUT2D eigenvalue weighted by atomic mass is 10.2. The van der Waals surface area contributed by atoms with E-state index in [1.807, 2.05) is 0 Å². The number of benzene rings is 1. The number of carbonyl (C=O) groups is 1. The van der Waals surface area contributed by atoms with Crippen LogP contribution in [0.15, 0.2) is 30.5 Å². The molecule has 0 radical (unpaired) electrons. The van der Waals surface area contributed by atoms with E-state index in [4.69, 9.17) is 0 Å². The maximum Gasteiger partial charge on any atom is 0.522 e. The van der Waals surface area contributed by atoms with Gasteiger partial charge in [-0.2, -0.15) is 0 Å². The number of rotatable bonds is 4. The molecule has 0 atom stereocenters. The molecule has 4 nitrogen and oxygen atoms in total. The van der Waals surface area contributed by atoms with E-state index in [0.717, 1.165) is 0 Å². The largest absolute Gasteiger partial charge is 0.522 e. The van der Waals surface area contributed by atoms with Crippen molar-refractivity contribution in [3.63, 3.8) is 0 Å². The quantitative estimate of drug-likeness (QED) is 0.812. The molecule has 0 N–H and O–H groups in total. The minimum atomic E-state index is -4.66. The van der Waals surface area contributed by atoms with Crippen molar-refractivity contribution in [2.75, 3.05) is 13.7 Å². The lowest BCUT2D eigenvalue weighted by Crippen LogP contribution is -2.17. The summed E-state index contributed by atoms with van der Waals surface area (Å²) in [6.07, 6.45) is -3.19. The number of hydrogen-bond donors (Lipinski definition) is 0. The van der Waals surface area contributed by atoms with Gasteiger partial charge in [0.1, 0.15) is 0 Å². The molecule has 1 aromatic carbocycles. The van der Waals surface area contributed by atoms with Crippen LogP contribution in [0.3, 0.4) is 0 Å². The molecule has 0 unspecified atom stereocenters. The second-order valence-electron chi connectivity index (χ2n) is 4.04. The van der Waals surface area contributed by atoms with Gasteiger partial charge in [-0.3, -0.25) is 4.74 Å². The highest BCUT2D eigenvalue weighted by Gasteiger charge is 2.28. The maximum atomic E-state index is 12.0. The first-order valence-electron chi connectivity index (χ1n) is 5.79. The number of halogens is 3. The number of carbonyl (C=O) groups excluding carboxylic acids is 1. The minimum absolute atomic E-state index is 0.0168. The number of esters is 1. The van der Waals surface area contributed by atoms with Gasteiger partial charge in [0.05, 0.1) is 19.3 Å². The number of aromatic nitrogens is 1. The lowest BCUT2D eigenvalue weighted by Gasteiger charge is -2.08. The summed E-state index contributed by atoms with van der Waals surface area (Å²) in [4.78, 5) is 11.6. The molecule has 2 rings (SSSR count). The number of methoxy groups -OCH3 is 1. The third kappa shape index (κ3) is 3.11. The average molecular weight is 287 g/mol. The van der Waals surface area contributed by atoms with Gasteiger partial charge in [0.15, 0.2) is 0 Å². The molecular weight excluding hydrogens is 275 g/mol. The Bertz CT molecular complexity index is 619. The molecule has 20 heavy (non-hydrogen) atoms. The predicted octanol–water partition coefficient (Wildman–Crippen LogP) is 2.96.